The lowest BCUT2D eigenvalue weighted by Gasteiger charge is -2.29. The molecular weight excluding hydrogens is 340 g/mol. The van der Waals surface area contributed by atoms with E-state index >= 15 is 0 Å². The highest BCUT2D eigenvalue weighted by molar-refractivity contribution is 7.80. The zero-order chi connectivity index (χ0) is 18.0. The quantitative estimate of drug-likeness (QED) is 0.601. The number of carbonyl (C=O) groups excluding carboxylic acids is 2. The Morgan fingerprint density at radius 1 is 1.20 bits per heavy atom. The molecule has 1 aliphatic carbocycles. The molecule has 2 aliphatic rings. The molecule has 25 heavy (non-hydrogen) atoms. The van der Waals surface area contributed by atoms with Crippen molar-refractivity contribution < 1.29 is 19.5 Å². The summed E-state index contributed by atoms with van der Waals surface area (Å²) in [5.41, 5.74) is 0.0344. The molecule has 0 radical (unpaired) electrons. The van der Waals surface area contributed by atoms with Crippen molar-refractivity contribution >= 4 is 30.5 Å². The van der Waals surface area contributed by atoms with E-state index in [0.717, 1.165) is 18.4 Å². The highest BCUT2D eigenvalue weighted by atomic mass is 32.1. The second kappa shape index (κ2) is 7.07. The van der Waals surface area contributed by atoms with E-state index in [1.54, 1.807) is 0 Å². The average molecular weight is 362 g/mol. The van der Waals surface area contributed by atoms with Gasteiger partial charge in [-0.15, -0.1) is 0 Å². The average Bonchev–Trinajstić information content (AvgIpc) is 3.16. The van der Waals surface area contributed by atoms with Gasteiger partial charge in [-0.05, 0) is 24.8 Å². The Bertz CT molecular complexity index is 673. The predicted molar refractivity (Wildman–Crippen MR) is 95.6 cm³/mol. The SMILES string of the molecule is O=C(O)CN1C(=O)N(C(CS)Cc2ccccc2)C(=O)C12CCCC2. The van der Waals surface area contributed by atoms with Crippen molar-refractivity contribution in [1.82, 2.24) is 9.80 Å². The lowest BCUT2D eigenvalue weighted by Crippen LogP contribution is -2.49. The Hall–Kier alpha value is -2.02. The number of carboxylic acid groups (broad SMARTS) is 1. The van der Waals surface area contributed by atoms with Gasteiger partial charge in [-0.3, -0.25) is 19.4 Å². The first-order chi connectivity index (χ1) is 12.0. The van der Waals surface area contributed by atoms with Gasteiger partial charge in [-0.25, -0.2) is 4.79 Å². The van der Waals surface area contributed by atoms with Gasteiger partial charge in [-0.1, -0.05) is 43.2 Å². The topological polar surface area (TPSA) is 77.9 Å². The first-order valence-corrected chi connectivity index (χ1v) is 9.14. The minimum absolute atomic E-state index is 0.258. The van der Waals surface area contributed by atoms with Gasteiger partial charge in [0.25, 0.3) is 5.91 Å². The van der Waals surface area contributed by atoms with Gasteiger partial charge in [-0.2, -0.15) is 12.6 Å². The van der Waals surface area contributed by atoms with Crippen molar-refractivity contribution in [2.75, 3.05) is 12.3 Å². The van der Waals surface area contributed by atoms with Gasteiger partial charge in [0.15, 0.2) is 0 Å². The van der Waals surface area contributed by atoms with E-state index in [1.807, 2.05) is 30.3 Å². The van der Waals surface area contributed by atoms with Crippen molar-refractivity contribution in [2.24, 2.45) is 0 Å². The van der Waals surface area contributed by atoms with E-state index in [0.29, 0.717) is 25.0 Å². The van der Waals surface area contributed by atoms with Crippen LogP contribution in [0.25, 0.3) is 0 Å². The monoisotopic (exact) mass is 362 g/mol. The van der Waals surface area contributed by atoms with Crippen LogP contribution < -0.4 is 0 Å². The molecule has 2 fully saturated rings. The van der Waals surface area contributed by atoms with Crippen LogP contribution in [0, 0.1) is 0 Å². The van der Waals surface area contributed by atoms with Gasteiger partial charge in [0.05, 0.1) is 6.04 Å². The molecule has 6 nitrogen and oxygen atoms in total. The van der Waals surface area contributed by atoms with Crippen LogP contribution in [-0.4, -0.2) is 56.7 Å². The normalized spacial score (nSPS) is 20.5. The number of imide groups is 1. The second-order valence-electron chi connectivity index (χ2n) is 6.70. The molecule has 0 aromatic heterocycles. The Balaban J connectivity index is 1.90. The first kappa shape index (κ1) is 17.8. The smallest absolute Gasteiger partial charge is 0.328 e. The largest absolute Gasteiger partial charge is 0.480 e. The number of carboxylic acids is 1. The highest BCUT2D eigenvalue weighted by Crippen LogP contribution is 2.42. The molecule has 3 amide bonds. The third-order valence-electron chi connectivity index (χ3n) is 5.18. The fourth-order valence-corrected chi connectivity index (χ4v) is 4.28. The summed E-state index contributed by atoms with van der Waals surface area (Å²) in [7, 11) is 0. The van der Waals surface area contributed by atoms with Crippen molar-refractivity contribution in [3.8, 4) is 0 Å². The number of amides is 3. The summed E-state index contributed by atoms with van der Waals surface area (Å²) in [6.07, 6.45) is 3.23. The summed E-state index contributed by atoms with van der Waals surface area (Å²) >= 11 is 4.35. The zero-order valence-corrected chi connectivity index (χ0v) is 14.8. The number of aliphatic carboxylic acids is 1. The lowest BCUT2D eigenvalue weighted by molar-refractivity contribution is -0.140. The third kappa shape index (κ3) is 3.13. The van der Waals surface area contributed by atoms with Crippen LogP contribution >= 0.6 is 12.6 Å². The van der Waals surface area contributed by atoms with E-state index in [-0.39, 0.29) is 11.9 Å². The number of hydrogen-bond acceptors (Lipinski definition) is 4. The molecule has 134 valence electrons. The van der Waals surface area contributed by atoms with E-state index in [2.05, 4.69) is 12.6 Å². The van der Waals surface area contributed by atoms with Crippen molar-refractivity contribution in [2.45, 2.75) is 43.7 Å². The van der Waals surface area contributed by atoms with E-state index in [1.165, 1.54) is 9.80 Å². The first-order valence-electron chi connectivity index (χ1n) is 8.51. The summed E-state index contributed by atoms with van der Waals surface area (Å²) in [4.78, 5) is 39.9. The summed E-state index contributed by atoms with van der Waals surface area (Å²) < 4.78 is 0. The predicted octanol–water partition coefficient (Wildman–Crippen LogP) is 2.19. The van der Waals surface area contributed by atoms with Gasteiger partial charge in [0.1, 0.15) is 12.1 Å². The molecule has 1 saturated heterocycles. The van der Waals surface area contributed by atoms with Crippen LogP contribution in [0.15, 0.2) is 30.3 Å². The summed E-state index contributed by atoms with van der Waals surface area (Å²) in [6.45, 7) is -0.439. The second-order valence-corrected chi connectivity index (χ2v) is 7.07. The third-order valence-corrected chi connectivity index (χ3v) is 5.61. The summed E-state index contributed by atoms with van der Waals surface area (Å²) in [6, 6.07) is 8.74. The molecule has 0 bridgehead atoms. The Labute approximate surface area is 152 Å². The van der Waals surface area contributed by atoms with Crippen LogP contribution in [0.1, 0.15) is 31.2 Å². The van der Waals surface area contributed by atoms with Gasteiger partial charge in [0.2, 0.25) is 0 Å². The molecule has 1 atom stereocenters. The maximum atomic E-state index is 13.2. The van der Waals surface area contributed by atoms with Crippen molar-refractivity contribution in [3.05, 3.63) is 35.9 Å². The van der Waals surface area contributed by atoms with Gasteiger partial charge < -0.3 is 5.11 Å². The molecule has 1 aromatic carbocycles. The Morgan fingerprint density at radius 3 is 2.40 bits per heavy atom. The number of benzene rings is 1. The molecule has 1 unspecified atom stereocenters. The molecule has 1 heterocycles. The number of hydrogen-bond donors (Lipinski definition) is 2. The Morgan fingerprint density at radius 2 is 1.84 bits per heavy atom. The van der Waals surface area contributed by atoms with E-state index in [4.69, 9.17) is 0 Å². The molecule has 3 rings (SSSR count). The Kier molecular flexibility index (Phi) is 5.03. The standard InChI is InChI=1S/C18H22N2O4S/c21-15(22)11-19-17(24)20(16(23)18(19)8-4-5-9-18)14(12-25)10-13-6-2-1-3-7-13/h1-3,6-7,14,25H,4-5,8-12H2,(H,21,22). The van der Waals surface area contributed by atoms with Gasteiger partial charge >= 0.3 is 12.0 Å². The molecule has 1 aromatic rings. The molecule has 1 saturated carbocycles. The van der Waals surface area contributed by atoms with Crippen molar-refractivity contribution in [3.63, 3.8) is 0 Å². The highest BCUT2D eigenvalue weighted by Gasteiger charge is 2.59. The molecule has 1 N–H and O–H groups in total. The van der Waals surface area contributed by atoms with Crippen LogP contribution in [0.4, 0.5) is 4.79 Å². The van der Waals surface area contributed by atoms with Crippen LogP contribution in [0.2, 0.25) is 0 Å². The fourth-order valence-electron chi connectivity index (χ4n) is 3.98. The minimum Gasteiger partial charge on any atom is -0.480 e. The number of rotatable bonds is 6. The van der Waals surface area contributed by atoms with E-state index < -0.39 is 24.1 Å². The number of thiol groups is 1. The summed E-state index contributed by atoms with van der Waals surface area (Å²) in [5, 5.41) is 9.20. The summed E-state index contributed by atoms with van der Waals surface area (Å²) in [5.74, 6) is -1.02. The fraction of sp³-hybridized carbons (Fsp3) is 0.500. The van der Waals surface area contributed by atoms with Crippen LogP contribution in [0.3, 0.4) is 0 Å². The number of carbonyl (C=O) groups is 3. The number of urea groups is 1. The molecule has 1 spiro atoms. The molecular formula is C18H22N2O4S. The van der Waals surface area contributed by atoms with Gasteiger partial charge in [0, 0.05) is 5.75 Å². The molecule has 7 heteroatoms. The zero-order valence-electron chi connectivity index (χ0n) is 13.9. The lowest BCUT2D eigenvalue weighted by atomic mass is 9.95. The van der Waals surface area contributed by atoms with Crippen LogP contribution in [-0.2, 0) is 16.0 Å². The maximum absolute atomic E-state index is 13.2. The van der Waals surface area contributed by atoms with Crippen molar-refractivity contribution in [1.29, 1.82) is 0 Å². The minimum atomic E-state index is -1.10. The molecule has 1 aliphatic heterocycles. The van der Waals surface area contributed by atoms with E-state index in [9.17, 15) is 19.5 Å². The maximum Gasteiger partial charge on any atom is 0.328 e. The van der Waals surface area contributed by atoms with Crippen LogP contribution in [0.5, 0.6) is 0 Å². The number of nitrogens with zero attached hydrogens (tertiary/aromatic N) is 2.